The van der Waals surface area contributed by atoms with Crippen molar-refractivity contribution in [2.75, 3.05) is 5.75 Å². The zero-order valence-corrected chi connectivity index (χ0v) is 20.1. The van der Waals surface area contributed by atoms with Crippen LogP contribution in [0, 0.1) is 40.4 Å². The van der Waals surface area contributed by atoms with E-state index >= 15 is 0 Å². The molecule has 0 unspecified atom stereocenters. The molecule has 1 aromatic carbocycles. The molecule has 4 heteroatoms. The Kier molecular flexibility index (Phi) is 6.20. The second-order valence-electron chi connectivity index (χ2n) is 10.2. The number of nitriles is 1. The molecule has 3 aliphatic rings. The highest BCUT2D eigenvalue weighted by atomic mass is 32.2. The molecule has 0 radical (unpaired) electrons. The zero-order valence-electron chi connectivity index (χ0n) is 18.2. The molecule has 28 heavy (non-hydrogen) atoms. The molecule has 0 N–H and O–H groups in total. The molecule has 0 aliphatic heterocycles. The Morgan fingerprint density at radius 2 is 1.89 bits per heavy atom. The summed E-state index contributed by atoms with van der Waals surface area (Å²) in [5.74, 6) is 3.48. The summed E-state index contributed by atoms with van der Waals surface area (Å²) in [4.78, 5) is 1.35. The molecule has 2 bridgehead atoms. The van der Waals surface area contributed by atoms with Crippen molar-refractivity contribution in [1.82, 2.24) is 0 Å². The van der Waals surface area contributed by atoms with Crippen molar-refractivity contribution < 1.29 is 4.43 Å². The van der Waals surface area contributed by atoms with E-state index in [1.165, 1.54) is 4.90 Å². The molecule has 0 heterocycles. The van der Waals surface area contributed by atoms with Gasteiger partial charge in [-0.2, -0.15) is 5.26 Å². The first kappa shape index (κ1) is 21.7. The molecule has 152 valence electrons. The fraction of sp³-hybridized carbons (Fsp3) is 0.625. The number of rotatable bonds is 7. The summed E-state index contributed by atoms with van der Waals surface area (Å²) in [5, 5.41) is 10.2. The van der Waals surface area contributed by atoms with Crippen LogP contribution < -0.4 is 0 Å². The van der Waals surface area contributed by atoms with Crippen LogP contribution >= 0.6 is 11.8 Å². The monoisotopic (exact) mass is 413 g/mol. The lowest BCUT2D eigenvalue weighted by molar-refractivity contribution is -0.0756. The largest absolute Gasteiger partial charge is 0.399 e. The highest BCUT2D eigenvalue weighted by molar-refractivity contribution is 7.99. The Balaban J connectivity index is 1.81. The van der Waals surface area contributed by atoms with Crippen molar-refractivity contribution in [3.8, 4) is 6.07 Å². The number of hydrogen-bond donors (Lipinski definition) is 0. The van der Waals surface area contributed by atoms with Gasteiger partial charge in [0.2, 0.25) is 0 Å². The summed E-state index contributed by atoms with van der Waals surface area (Å²) >= 11 is 1.98. The van der Waals surface area contributed by atoms with Crippen molar-refractivity contribution in [1.29, 1.82) is 5.26 Å². The molecule has 1 saturated carbocycles. The lowest BCUT2D eigenvalue weighted by Crippen LogP contribution is -2.60. The first-order chi connectivity index (χ1) is 13.1. The summed E-state index contributed by atoms with van der Waals surface area (Å²) in [6.45, 7) is 13.6. The Hall–Kier alpha value is -1.02. The van der Waals surface area contributed by atoms with E-state index in [1.807, 2.05) is 11.8 Å². The van der Waals surface area contributed by atoms with Gasteiger partial charge in [0.25, 0.3) is 0 Å². The molecule has 0 aromatic heterocycles. The van der Waals surface area contributed by atoms with Crippen LogP contribution in [0.4, 0.5) is 0 Å². The van der Waals surface area contributed by atoms with E-state index in [9.17, 15) is 5.26 Å². The number of allylic oxidation sites excluding steroid dienone is 1. The molecule has 5 atom stereocenters. The van der Waals surface area contributed by atoms with Gasteiger partial charge in [-0.1, -0.05) is 51.1 Å². The average Bonchev–Trinajstić information content (AvgIpc) is 2.62. The smallest absolute Gasteiger partial charge is 0.185 e. The summed E-state index contributed by atoms with van der Waals surface area (Å²) < 4.78 is 6.59. The zero-order chi connectivity index (χ0) is 20.6. The van der Waals surface area contributed by atoms with E-state index in [4.69, 9.17) is 4.43 Å². The van der Waals surface area contributed by atoms with Gasteiger partial charge in [-0.15, -0.1) is 11.8 Å². The van der Waals surface area contributed by atoms with Crippen molar-refractivity contribution in [2.45, 2.75) is 63.8 Å². The Morgan fingerprint density at radius 3 is 2.43 bits per heavy atom. The molecular formula is C24H35NOSSi. The molecule has 1 aromatic rings. The van der Waals surface area contributed by atoms with Crippen molar-refractivity contribution in [2.24, 2.45) is 29.1 Å². The van der Waals surface area contributed by atoms with E-state index in [1.54, 1.807) is 0 Å². The Morgan fingerprint density at radius 1 is 1.21 bits per heavy atom. The maximum absolute atomic E-state index is 10.2. The number of hydrogen-bond acceptors (Lipinski definition) is 3. The fourth-order valence-corrected chi connectivity index (χ4v) is 7.91. The average molecular weight is 414 g/mol. The summed E-state index contributed by atoms with van der Waals surface area (Å²) in [7, 11) is -1.81. The molecule has 0 saturated heterocycles. The number of nitrogens with zero attached hydrogens (tertiary/aromatic N) is 1. The fourth-order valence-electron chi connectivity index (χ4n) is 5.14. The van der Waals surface area contributed by atoms with Crippen LogP contribution in [0.25, 0.3) is 0 Å². The van der Waals surface area contributed by atoms with Crippen LogP contribution in [-0.4, -0.2) is 19.7 Å². The number of fused-ring (bicyclic) bond motifs is 2. The van der Waals surface area contributed by atoms with Crippen LogP contribution in [0.1, 0.15) is 33.6 Å². The summed E-state index contributed by atoms with van der Waals surface area (Å²) in [5.41, 5.74) is -0.840. The minimum atomic E-state index is -1.81. The highest BCUT2D eigenvalue weighted by Gasteiger charge is 2.59. The lowest BCUT2D eigenvalue weighted by atomic mass is 9.51. The van der Waals surface area contributed by atoms with Crippen molar-refractivity contribution >= 4 is 20.1 Å². The normalized spacial score (nSPS) is 33.1. The van der Waals surface area contributed by atoms with E-state index in [0.29, 0.717) is 23.7 Å². The van der Waals surface area contributed by atoms with Gasteiger partial charge < -0.3 is 4.43 Å². The van der Waals surface area contributed by atoms with E-state index < -0.39 is 13.9 Å². The lowest BCUT2D eigenvalue weighted by Gasteiger charge is -2.57. The van der Waals surface area contributed by atoms with Crippen LogP contribution in [-0.2, 0) is 4.43 Å². The predicted octanol–water partition coefficient (Wildman–Crippen LogP) is 6.77. The van der Waals surface area contributed by atoms with Gasteiger partial charge in [0.1, 0.15) is 0 Å². The molecular weight excluding hydrogens is 378 g/mol. The minimum Gasteiger partial charge on any atom is -0.399 e. The third-order valence-corrected chi connectivity index (χ3v) is 8.74. The first-order valence-electron chi connectivity index (χ1n) is 10.6. The first-order valence-corrected chi connectivity index (χ1v) is 15.0. The van der Waals surface area contributed by atoms with Gasteiger partial charge in [0.15, 0.2) is 13.9 Å². The van der Waals surface area contributed by atoms with Gasteiger partial charge in [0, 0.05) is 16.1 Å². The van der Waals surface area contributed by atoms with Gasteiger partial charge in [0.05, 0.1) is 6.07 Å². The maximum atomic E-state index is 10.2. The summed E-state index contributed by atoms with van der Waals surface area (Å²) in [6.07, 6.45) is 6.62. The molecule has 4 rings (SSSR count). The van der Waals surface area contributed by atoms with Crippen molar-refractivity contribution in [3.05, 3.63) is 42.5 Å². The minimum absolute atomic E-state index is 0.188. The van der Waals surface area contributed by atoms with E-state index in [2.05, 4.69) is 89.0 Å². The maximum Gasteiger partial charge on any atom is 0.185 e. The van der Waals surface area contributed by atoms with E-state index in [-0.39, 0.29) is 5.41 Å². The quantitative estimate of drug-likeness (QED) is 0.281. The summed E-state index contributed by atoms with van der Waals surface area (Å²) in [6, 6.07) is 13.4. The number of benzene rings is 1. The molecule has 3 aliphatic carbocycles. The van der Waals surface area contributed by atoms with E-state index in [0.717, 1.165) is 18.6 Å². The van der Waals surface area contributed by atoms with Crippen LogP contribution in [0.5, 0.6) is 0 Å². The van der Waals surface area contributed by atoms with Crippen LogP contribution in [0.15, 0.2) is 47.4 Å². The highest BCUT2D eigenvalue weighted by Crippen LogP contribution is 2.59. The standard InChI is InChI=1S/C24H35NOSSi/c1-18(2)22(16-27-20-10-8-7-9-11-20)21-15-23(3)13-12-19(21)14-24(23,17-25)26-28(4,5)6/h7-13,18-19,21-22H,14-16H2,1-6H3/t19-,21-,22-,23-,24+/m1/s1. The Bertz CT molecular complexity index is 750. The van der Waals surface area contributed by atoms with Gasteiger partial charge in [-0.25, -0.2) is 0 Å². The third-order valence-electron chi connectivity index (χ3n) is 6.62. The molecule has 1 fully saturated rings. The van der Waals surface area contributed by atoms with Crippen LogP contribution in [0.2, 0.25) is 19.6 Å². The topological polar surface area (TPSA) is 33.0 Å². The van der Waals surface area contributed by atoms with Gasteiger partial charge in [-0.05, 0) is 68.3 Å². The molecule has 0 amide bonds. The predicted molar refractivity (Wildman–Crippen MR) is 122 cm³/mol. The van der Waals surface area contributed by atoms with Gasteiger partial charge >= 0.3 is 0 Å². The second-order valence-corrected chi connectivity index (χ2v) is 15.7. The Labute approximate surface area is 176 Å². The van der Waals surface area contributed by atoms with Gasteiger partial charge in [-0.3, -0.25) is 0 Å². The SMILES string of the molecule is CC(C)[C@@H](CSc1ccccc1)[C@@H]1C[C@@]2(C)C=C[C@@H]1C[C@@]2(C#N)O[Si](C)(C)C. The second kappa shape index (κ2) is 8.01. The molecule has 2 nitrogen and oxygen atoms in total. The third kappa shape index (κ3) is 4.27. The van der Waals surface area contributed by atoms with Crippen LogP contribution in [0.3, 0.4) is 0 Å². The van der Waals surface area contributed by atoms with Crippen molar-refractivity contribution in [3.63, 3.8) is 0 Å². The molecule has 0 spiro atoms. The number of thioether (sulfide) groups is 1.